The van der Waals surface area contributed by atoms with E-state index in [4.69, 9.17) is 4.74 Å². The molecule has 3 aromatic rings. The van der Waals surface area contributed by atoms with E-state index in [9.17, 15) is 19.2 Å². The Labute approximate surface area is 211 Å². The van der Waals surface area contributed by atoms with Gasteiger partial charge in [-0.2, -0.15) is 0 Å². The van der Waals surface area contributed by atoms with Gasteiger partial charge in [0.25, 0.3) is 5.91 Å². The summed E-state index contributed by atoms with van der Waals surface area (Å²) in [6.07, 6.45) is -0.0310. The summed E-state index contributed by atoms with van der Waals surface area (Å²) < 4.78 is 5.33. The van der Waals surface area contributed by atoms with Crippen molar-refractivity contribution >= 4 is 35.2 Å². The lowest BCUT2D eigenvalue weighted by Crippen LogP contribution is -2.52. The molecule has 0 bridgehead atoms. The smallest absolute Gasteiger partial charge is 0.407 e. The molecule has 2 aliphatic rings. The van der Waals surface area contributed by atoms with Crippen LogP contribution in [0.25, 0.3) is 10.4 Å². The topological polar surface area (TPSA) is 118 Å². The van der Waals surface area contributed by atoms with Gasteiger partial charge in [0.2, 0.25) is 11.8 Å². The number of hydrogen-bond acceptors (Lipinski definition) is 7. The van der Waals surface area contributed by atoms with Crippen LogP contribution in [-0.4, -0.2) is 39.7 Å². The van der Waals surface area contributed by atoms with E-state index in [0.717, 1.165) is 32.8 Å². The minimum Gasteiger partial charge on any atom is -0.445 e. The second-order valence-electron chi connectivity index (χ2n) is 8.78. The van der Waals surface area contributed by atoms with Crippen LogP contribution in [-0.2, 0) is 34.0 Å². The monoisotopic (exact) mass is 504 g/mol. The highest BCUT2D eigenvalue weighted by molar-refractivity contribution is 7.13. The molecule has 2 aliphatic heterocycles. The number of hydrogen-bond donors (Lipinski definition) is 2. The standard InChI is InChI=1S/C26H24N4O5S/c1-15-23(36-14-28-15)18-5-2-16(3-6-18)13-35-26(34)27-11-17-4-7-19-12-30(25(33)20(19)10-17)21-8-9-22(31)29-24(21)32/h2-7,10,14,21H,8-9,11-13H2,1H3,(H,27,34)(H,29,31,32). The normalized spacial score (nSPS) is 17.1. The van der Waals surface area contributed by atoms with Crippen LogP contribution in [0.15, 0.2) is 48.0 Å². The minimum atomic E-state index is -0.654. The number of amides is 4. The van der Waals surface area contributed by atoms with E-state index in [1.807, 2.05) is 48.8 Å². The van der Waals surface area contributed by atoms with Crippen LogP contribution < -0.4 is 10.6 Å². The number of rotatable bonds is 6. The van der Waals surface area contributed by atoms with Crippen LogP contribution in [0.3, 0.4) is 0 Å². The highest BCUT2D eigenvalue weighted by Gasteiger charge is 2.39. The first-order chi connectivity index (χ1) is 17.4. The lowest BCUT2D eigenvalue weighted by Gasteiger charge is -2.29. The zero-order chi connectivity index (χ0) is 25.2. The molecular weight excluding hydrogens is 480 g/mol. The highest BCUT2D eigenvalue weighted by Crippen LogP contribution is 2.29. The Hall–Kier alpha value is -4.05. The number of piperidine rings is 1. The van der Waals surface area contributed by atoms with Crippen molar-refractivity contribution in [2.45, 2.75) is 45.5 Å². The average molecular weight is 505 g/mol. The Morgan fingerprint density at radius 1 is 1.17 bits per heavy atom. The number of aryl methyl sites for hydroxylation is 1. The zero-order valence-electron chi connectivity index (χ0n) is 19.6. The molecule has 2 N–H and O–H groups in total. The Balaban J connectivity index is 1.13. The van der Waals surface area contributed by atoms with Gasteiger partial charge < -0.3 is 15.0 Å². The molecule has 5 rings (SSSR count). The molecule has 2 aromatic carbocycles. The molecule has 10 heteroatoms. The summed E-state index contributed by atoms with van der Waals surface area (Å²) in [7, 11) is 0. The van der Waals surface area contributed by atoms with Gasteiger partial charge in [0.1, 0.15) is 12.6 Å². The van der Waals surface area contributed by atoms with Crippen LogP contribution in [0.5, 0.6) is 0 Å². The van der Waals surface area contributed by atoms with Crippen LogP contribution >= 0.6 is 11.3 Å². The first-order valence-corrected chi connectivity index (χ1v) is 12.4. The number of thiazole rings is 1. The van der Waals surface area contributed by atoms with E-state index in [2.05, 4.69) is 15.6 Å². The van der Waals surface area contributed by atoms with Crippen LogP contribution in [0.1, 0.15) is 45.6 Å². The van der Waals surface area contributed by atoms with Gasteiger partial charge in [-0.15, -0.1) is 11.3 Å². The van der Waals surface area contributed by atoms with E-state index in [0.29, 0.717) is 18.5 Å². The summed E-state index contributed by atoms with van der Waals surface area (Å²) in [6.45, 7) is 2.62. The van der Waals surface area contributed by atoms with Gasteiger partial charge in [-0.1, -0.05) is 36.4 Å². The maximum absolute atomic E-state index is 12.9. The van der Waals surface area contributed by atoms with Gasteiger partial charge in [0, 0.05) is 25.1 Å². The second-order valence-corrected chi connectivity index (χ2v) is 9.64. The third-order valence-corrected chi connectivity index (χ3v) is 7.34. The molecule has 0 spiro atoms. The molecule has 1 atom stereocenters. The summed E-state index contributed by atoms with van der Waals surface area (Å²) in [5, 5.41) is 5.01. The molecule has 3 heterocycles. The fraction of sp³-hybridized carbons (Fsp3) is 0.269. The van der Waals surface area contributed by atoms with Crippen molar-refractivity contribution in [3.63, 3.8) is 0 Å². The molecule has 0 radical (unpaired) electrons. The average Bonchev–Trinajstić information content (AvgIpc) is 3.44. The van der Waals surface area contributed by atoms with Crippen molar-refractivity contribution in [1.29, 1.82) is 0 Å². The molecule has 0 aliphatic carbocycles. The quantitative estimate of drug-likeness (QED) is 0.498. The summed E-state index contributed by atoms with van der Waals surface area (Å²) in [5.74, 6) is -1.00. The maximum atomic E-state index is 12.9. The summed E-state index contributed by atoms with van der Waals surface area (Å²) in [6, 6.07) is 12.5. The number of benzene rings is 2. The van der Waals surface area contributed by atoms with Crippen molar-refractivity contribution in [2.24, 2.45) is 0 Å². The molecule has 9 nitrogen and oxygen atoms in total. The number of aromatic nitrogens is 1. The SMILES string of the molecule is Cc1ncsc1-c1ccc(COC(=O)NCc2ccc3c(c2)C(=O)N(C2CCC(=O)NC2=O)C3)cc1. The Bertz CT molecular complexity index is 1350. The molecule has 1 fully saturated rings. The maximum Gasteiger partial charge on any atom is 0.407 e. The Morgan fingerprint density at radius 2 is 1.94 bits per heavy atom. The number of nitrogens with one attached hydrogen (secondary N) is 2. The predicted octanol–water partition coefficient (Wildman–Crippen LogP) is 3.31. The number of carbonyl (C=O) groups is 4. The molecule has 184 valence electrons. The zero-order valence-corrected chi connectivity index (χ0v) is 20.4. The molecule has 36 heavy (non-hydrogen) atoms. The lowest BCUT2D eigenvalue weighted by atomic mass is 10.0. The summed E-state index contributed by atoms with van der Waals surface area (Å²) in [4.78, 5) is 55.7. The van der Waals surface area contributed by atoms with E-state index in [-0.39, 0.29) is 31.4 Å². The molecular formula is C26H24N4O5S. The van der Waals surface area contributed by atoms with Gasteiger partial charge in [-0.25, -0.2) is 9.78 Å². The fourth-order valence-corrected chi connectivity index (χ4v) is 5.23. The Kier molecular flexibility index (Phi) is 6.51. The summed E-state index contributed by atoms with van der Waals surface area (Å²) >= 11 is 1.59. The number of imide groups is 1. The van der Waals surface area contributed by atoms with Crippen molar-refractivity contribution in [3.8, 4) is 10.4 Å². The molecule has 1 saturated heterocycles. The predicted molar refractivity (Wildman–Crippen MR) is 132 cm³/mol. The number of fused-ring (bicyclic) bond motifs is 1. The number of nitrogens with zero attached hydrogens (tertiary/aromatic N) is 2. The van der Waals surface area contributed by atoms with E-state index < -0.39 is 18.0 Å². The van der Waals surface area contributed by atoms with Crippen molar-refractivity contribution < 1.29 is 23.9 Å². The van der Waals surface area contributed by atoms with Gasteiger partial charge in [0.15, 0.2) is 0 Å². The first-order valence-electron chi connectivity index (χ1n) is 11.6. The number of alkyl carbamates (subject to hydrolysis) is 1. The molecule has 4 amide bonds. The van der Waals surface area contributed by atoms with Crippen LogP contribution in [0.4, 0.5) is 4.79 Å². The largest absolute Gasteiger partial charge is 0.445 e. The highest BCUT2D eigenvalue weighted by atomic mass is 32.1. The minimum absolute atomic E-state index is 0.136. The van der Waals surface area contributed by atoms with Crippen LogP contribution in [0.2, 0.25) is 0 Å². The molecule has 1 aromatic heterocycles. The van der Waals surface area contributed by atoms with Gasteiger partial charge in [-0.3, -0.25) is 19.7 Å². The number of ether oxygens (including phenoxy) is 1. The number of carbonyl (C=O) groups excluding carboxylic acids is 4. The van der Waals surface area contributed by atoms with Crippen molar-refractivity contribution in [1.82, 2.24) is 20.5 Å². The molecule has 1 unspecified atom stereocenters. The third kappa shape index (κ3) is 4.85. The fourth-order valence-electron chi connectivity index (χ4n) is 4.42. The van der Waals surface area contributed by atoms with Gasteiger partial charge >= 0.3 is 6.09 Å². The van der Waals surface area contributed by atoms with E-state index in [1.54, 1.807) is 17.4 Å². The van der Waals surface area contributed by atoms with Crippen LogP contribution in [0, 0.1) is 6.92 Å². The second kappa shape index (κ2) is 9.90. The van der Waals surface area contributed by atoms with E-state index in [1.165, 1.54) is 4.90 Å². The van der Waals surface area contributed by atoms with Crippen molar-refractivity contribution in [3.05, 3.63) is 75.9 Å². The lowest BCUT2D eigenvalue weighted by molar-refractivity contribution is -0.136. The van der Waals surface area contributed by atoms with Crippen molar-refractivity contribution in [2.75, 3.05) is 0 Å². The van der Waals surface area contributed by atoms with Gasteiger partial charge in [0.05, 0.1) is 16.1 Å². The Morgan fingerprint density at radius 3 is 2.67 bits per heavy atom. The summed E-state index contributed by atoms with van der Waals surface area (Å²) in [5.41, 5.74) is 6.81. The van der Waals surface area contributed by atoms with E-state index >= 15 is 0 Å². The molecule has 0 saturated carbocycles. The van der Waals surface area contributed by atoms with Gasteiger partial charge in [-0.05, 0) is 41.7 Å². The first kappa shape index (κ1) is 23.7. The third-order valence-electron chi connectivity index (χ3n) is 6.36.